The number of hydrogen-bond acceptors (Lipinski definition) is 18. The van der Waals surface area contributed by atoms with Crippen molar-refractivity contribution in [3.8, 4) is 0 Å². The Hall–Kier alpha value is -5.30. The van der Waals surface area contributed by atoms with E-state index in [1.807, 2.05) is 20.8 Å². The molecule has 0 aromatic heterocycles. The van der Waals surface area contributed by atoms with E-state index in [2.05, 4.69) is 152 Å². The van der Waals surface area contributed by atoms with E-state index < -0.39 is 5.60 Å². The van der Waals surface area contributed by atoms with Crippen molar-refractivity contribution in [3.05, 3.63) is 132 Å². The average molecular weight is 1280 g/mol. The van der Waals surface area contributed by atoms with Crippen LogP contribution < -0.4 is 4.90 Å². The lowest BCUT2D eigenvalue weighted by Crippen LogP contribution is -2.29. The highest BCUT2D eigenvalue weighted by atomic mass is 16.6. The summed E-state index contributed by atoms with van der Waals surface area (Å²) in [6, 6.07) is 26.3. The molecule has 6 rings (SSSR count). The molecule has 0 atom stereocenters. The van der Waals surface area contributed by atoms with E-state index in [1.54, 1.807) is 7.11 Å². The summed E-state index contributed by atoms with van der Waals surface area (Å²) in [4.78, 5) is 14.1. The minimum Gasteiger partial charge on any atom is -0.460 e. The van der Waals surface area contributed by atoms with Gasteiger partial charge in [-0.05, 0) is 79.9 Å². The number of hydrogen-bond donors (Lipinski definition) is 0. The van der Waals surface area contributed by atoms with Gasteiger partial charge in [0.2, 0.25) is 5.69 Å². The lowest BCUT2D eigenvalue weighted by molar-refractivity contribution is -0.442. The second kappa shape index (κ2) is 43.6. The molecule has 0 N–H and O–H groups in total. The van der Waals surface area contributed by atoms with Gasteiger partial charge >= 0.3 is 5.97 Å². The van der Waals surface area contributed by atoms with E-state index in [1.165, 1.54) is 55.5 Å². The summed E-state index contributed by atoms with van der Waals surface area (Å²) >= 11 is 0. The fourth-order valence-electron chi connectivity index (χ4n) is 10.9. The summed E-state index contributed by atoms with van der Waals surface area (Å²) in [6.07, 6.45) is 15.4. The number of rotatable bonds is 52. The number of nitrogens with zero attached hydrogens (tertiary/aromatic N) is 2. The summed E-state index contributed by atoms with van der Waals surface area (Å²) < 4.78 is 91.9. The average Bonchev–Trinajstić information content (AvgIpc) is 1.61. The molecule has 0 unspecified atom stereocenters. The van der Waals surface area contributed by atoms with Crippen LogP contribution in [-0.2, 0) is 91.4 Å². The normalized spacial score (nSPS) is 15.1. The van der Waals surface area contributed by atoms with E-state index >= 15 is 0 Å². The summed E-state index contributed by atoms with van der Waals surface area (Å²) in [5.74, 6) is -0.269. The first-order chi connectivity index (χ1) is 44.8. The first kappa shape index (κ1) is 75.7. The van der Waals surface area contributed by atoms with Crippen LogP contribution in [0.25, 0.3) is 21.5 Å². The predicted octanol–water partition coefficient (Wildman–Crippen LogP) is 10.3. The molecule has 2 heterocycles. The molecule has 4 aromatic carbocycles. The van der Waals surface area contributed by atoms with Gasteiger partial charge in [0.1, 0.15) is 12.2 Å². The smallest absolute Gasteiger partial charge is 0.308 e. The Bertz CT molecular complexity index is 2880. The van der Waals surface area contributed by atoms with E-state index in [-0.39, 0.29) is 23.2 Å². The highest BCUT2D eigenvalue weighted by Gasteiger charge is 2.45. The minimum absolute atomic E-state index is 0.220. The van der Waals surface area contributed by atoms with Gasteiger partial charge in [0.05, 0.1) is 197 Å². The highest BCUT2D eigenvalue weighted by Crippen LogP contribution is 2.51. The number of esters is 1. The van der Waals surface area contributed by atoms with Crippen molar-refractivity contribution in [1.82, 2.24) is 0 Å². The van der Waals surface area contributed by atoms with E-state index in [0.29, 0.717) is 198 Å². The molecule has 2 aliphatic rings. The van der Waals surface area contributed by atoms with Crippen LogP contribution >= 0.6 is 0 Å². The van der Waals surface area contributed by atoms with Gasteiger partial charge < -0.3 is 80.7 Å². The number of methoxy groups -OCH3 is 1. The number of ether oxygens (including phenoxy) is 16. The summed E-state index contributed by atoms with van der Waals surface area (Å²) in [7, 11) is 1.68. The molecule has 0 aliphatic carbocycles. The number of allylic oxidation sites excluding steroid dienone is 8. The Labute approximate surface area is 547 Å². The van der Waals surface area contributed by atoms with Gasteiger partial charge in [0.15, 0.2) is 12.3 Å². The van der Waals surface area contributed by atoms with Crippen molar-refractivity contribution in [1.29, 1.82) is 0 Å². The van der Waals surface area contributed by atoms with Gasteiger partial charge in [0, 0.05) is 48.2 Å². The van der Waals surface area contributed by atoms with Gasteiger partial charge in [-0.2, -0.15) is 4.58 Å². The predicted molar refractivity (Wildman–Crippen MR) is 360 cm³/mol. The first-order valence-electron chi connectivity index (χ1n) is 32.8. The molecule has 2 aliphatic heterocycles. The second-order valence-electron chi connectivity index (χ2n) is 23.9. The molecule has 0 bridgehead atoms. The topological polar surface area (TPSA) is 171 Å². The first-order valence-corrected chi connectivity index (χ1v) is 32.8. The van der Waals surface area contributed by atoms with Gasteiger partial charge in [-0.25, -0.2) is 0 Å². The van der Waals surface area contributed by atoms with E-state index in [0.717, 1.165) is 6.54 Å². The van der Waals surface area contributed by atoms with Crippen LogP contribution in [0.15, 0.2) is 121 Å². The van der Waals surface area contributed by atoms with Crippen molar-refractivity contribution in [2.24, 2.45) is 0 Å². The Morgan fingerprint density at radius 1 is 0.435 bits per heavy atom. The number of benzene rings is 4. The standard InChI is InChI=1S/C73H107N2O17/c1-71(2,3)92-68(76)28-31-78-36-39-82-42-44-84-46-48-86-50-52-88-54-56-90-58-59-91-57-55-89-53-51-87-49-47-85-45-43-83-41-38-80-33-30-75-65-27-25-61-19-15-17-21-63(61)70(65)73(6,7)67(75)23-13-11-9-10-12-22-66-72(4,5)69-62-20-16-14-18-60(62)24-26-64(69)74(66)29-32-79-37-40-81-35-34-77-8/h9-27H,28-59H2,1-8H3/q+1. The molecule has 0 saturated heterocycles. The lowest BCUT2D eigenvalue weighted by Gasteiger charge is -2.27. The molecule has 19 nitrogen and oxygen atoms in total. The number of carbonyl (C=O) groups is 1. The monoisotopic (exact) mass is 1280 g/mol. The molecule has 0 radical (unpaired) electrons. The molecular weight excluding hydrogens is 1180 g/mol. The maximum atomic E-state index is 11.7. The van der Waals surface area contributed by atoms with Gasteiger partial charge in [-0.1, -0.05) is 98.8 Å². The molecule has 0 spiro atoms. The lowest BCUT2D eigenvalue weighted by atomic mass is 9.79. The van der Waals surface area contributed by atoms with Crippen LogP contribution in [0, 0.1) is 0 Å². The van der Waals surface area contributed by atoms with Crippen LogP contribution in [0.5, 0.6) is 0 Å². The Kier molecular flexibility index (Phi) is 35.9. The fraction of sp³-hybridized carbons (Fsp3) is 0.589. The second-order valence-corrected chi connectivity index (χ2v) is 23.9. The largest absolute Gasteiger partial charge is 0.460 e. The SMILES string of the molecule is COCCOCCOCCN1\C(=C/C=C/C=C/C=C/C2=[N+](CCOCCOCCOCCOCCOCCOCCOCCOCCOCCOCCOCCOCCC(=O)OC(C)(C)C)c3ccc4ccccc4c3C2(C)C)C(C)(C)c2c1ccc1ccccc21. The molecule has 0 saturated carbocycles. The van der Waals surface area contributed by atoms with Crippen LogP contribution in [0.3, 0.4) is 0 Å². The molecule has 0 amide bonds. The van der Waals surface area contributed by atoms with Crippen molar-refractivity contribution in [2.45, 2.75) is 71.3 Å². The van der Waals surface area contributed by atoms with Gasteiger partial charge in [-0.3, -0.25) is 4.79 Å². The zero-order chi connectivity index (χ0) is 65.4. The number of carbonyl (C=O) groups excluding carboxylic acids is 1. The van der Waals surface area contributed by atoms with Crippen LogP contribution in [0.2, 0.25) is 0 Å². The van der Waals surface area contributed by atoms with Crippen molar-refractivity contribution < 1.29 is 85.2 Å². The molecule has 0 fully saturated rings. The zero-order valence-electron chi connectivity index (χ0n) is 56.4. The molecule has 4 aromatic rings. The Morgan fingerprint density at radius 3 is 1.29 bits per heavy atom. The molecular formula is C73H107N2O17+. The molecule has 19 heteroatoms. The third-order valence-electron chi connectivity index (χ3n) is 15.1. The quantitative estimate of drug-likeness (QED) is 0.0177. The summed E-state index contributed by atoms with van der Waals surface area (Å²) in [5.41, 5.74) is 6.63. The zero-order valence-corrected chi connectivity index (χ0v) is 56.4. The fourth-order valence-corrected chi connectivity index (χ4v) is 10.9. The van der Waals surface area contributed by atoms with Crippen LogP contribution in [-0.4, -0.2) is 234 Å². The third-order valence-corrected chi connectivity index (χ3v) is 15.1. The maximum Gasteiger partial charge on any atom is 0.308 e. The van der Waals surface area contributed by atoms with Crippen molar-refractivity contribution in [3.63, 3.8) is 0 Å². The van der Waals surface area contributed by atoms with Crippen LogP contribution in [0.1, 0.15) is 66.0 Å². The van der Waals surface area contributed by atoms with E-state index in [4.69, 9.17) is 75.8 Å². The summed E-state index contributed by atoms with van der Waals surface area (Å²) in [5, 5.41) is 5.04. The Morgan fingerprint density at radius 2 is 0.826 bits per heavy atom. The number of fused-ring (bicyclic) bond motifs is 6. The highest BCUT2D eigenvalue weighted by molar-refractivity contribution is 6.07. The summed E-state index contributed by atoms with van der Waals surface area (Å²) in [6.45, 7) is 30.3. The Balaban J connectivity index is 0.771. The van der Waals surface area contributed by atoms with Gasteiger partial charge in [-0.15, -0.1) is 0 Å². The molecule has 92 heavy (non-hydrogen) atoms. The van der Waals surface area contributed by atoms with Crippen LogP contribution in [0.4, 0.5) is 11.4 Å². The molecule has 510 valence electrons. The van der Waals surface area contributed by atoms with Crippen molar-refractivity contribution in [2.75, 3.05) is 217 Å². The number of anilines is 1. The van der Waals surface area contributed by atoms with E-state index in [9.17, 15) is 4.79 Å². The third kappa shape index (κ3) is 26.8. The maximum absolute atomic E-state index is 11.7. The van der Waals surface area contributed by atoms with Gasteiger partial charge in [0.25, 0.3) is 0 Å². The minimum atomic E-state index is -0.485. The van der Waals surface area contributed by atoms with Crippen molar-refractivity contribution >= 4 is 44.6 Å².